The van der Waals surface area contributed by atoms with Crippen LogP contribution in [0.2, 0.25) is 0 Å². The first-order valence-corrected chi connectivity index (χ1v) is 29.9. The van der Waals surface area contributed by atoms with E-state index in [1.165, 1.54) is 96.3 Å². The molecule has 0 aromatic carbocycles. The van der Waals surface area contributed by atoms with E-state index < -0.39 is 6.10 Å². The topological polar surface area (TPSA) is 78.9 Å². The van der Waals surface area contributed by atoms with Gasteiger partial charge in [0, 0.05) is 19.3 Å². The highest BCUT2D eigenvalue weighted by Gasteiger charge is 2.19. The normalized spacial score (nSPS) is 12.9. The Labute approximate surface area is 444 Å². The lowest BCUT2D eigenvalue weighted by Crippen LogP contribution is -2.30. The summed E-state index contributed by atoms with van der Waals surface area (Å²) in [7, 11) is 0. The van der Waals surface area contributed by atoms with Gasteiger partial charge in [-0.05, 0) is 89.9 Å². The van der Waals surface area contributed by atoms with E-state index in [4.69, 9.17) is 14.2 Å². The van der Waals surface area contributed by atoms with Crippen LogP contribution in [0, 0.1) is 0 Å². The lowest BCUT2D eigenvalue weighted by atomic mass is 10.1. The summed E-state index contributed by atoms with van der Waals surface area (Å²) in [5, 5.41) is 0. The average Bonchev–Trinajstić information content (AvgIpc) is 3.38. The Morgan fingerprint density at radius 2 is 0.542 bits per heavy atom. The molecule has 6 heteroatoms. The van der Waals surface area contributed by atoms with Gasteiger partial charge in [-0.25, -0.2) is 0 Å². The standard InChI is InChI=1S/C66H110O6/c1-4-7-10-13-16-19-22-23-24-25-26-27-28-29-30-31-32-33-34-35-36-37-38-39-40-41-42-43-45-47-50-53-56-59-65(68)71-62-63(61-70-64(67)58-55-52-49-46-21-18-15-12-9-6-3)72-66(69)60-57-54-51-48-44-20-17-14-11-8-5-2/h7,10,16,19,23-24,26-27,29-30,32-33,35-36,38-39,41-42,63H,4-6,8-9,11-15,17-18,20-22,25,28,31,34,37,40,43-62H2,1-3H3/b10-7-,19-16-,24-23-,27-26-,30-29-,33-32-,36-35-,39-38-,42-41-. The van der Waals surface area contributed by atoms with E-state index >= 15 is 0 Å². The maximum atomic E-state index is 12.8. The van der Waals surface area contributed by atoms with Crippen molar-refractivity contribution >= 4 is 17.9 Å². The second-order valence-corrected chi connectivity index (χ2v) is 19.5. The number of hydrogen-bond acceptors (Lipinski definition) is 6. The van der Waals surface area contributed by atoms with Crippen molar-refractivity contribution in [2.75, 3.05) is 13.2 Å². The SMILES string of the molecule is CC/C=C\C/C=C\C/C=C\C/C=C\C/C=C\C/C=C\C/C=C\C/C=C\C/C=C\CCCCCCCC(=O)OCC(COC(=O)CCCCCCCCCCCC)OC(=O)CCCCCCCCCCCCC. The summed E-state index contributed by atoms with van der Waals surface area (Å²) in [5.74, 6) is -0.901. The van der Waals surface area contributed by atoms with Crippen molar-refractivity contribution in [3.05, 3.63) is 109 Å². The molecule has 0 radical (unpaired) electrons. The van der Waals surface area contributed by atoms with Crippen LogP contribution in [-0.2, 0) is 28.6 Å². The van der Waals surface area contributed by atoms with Crippen LogP contribution in [0.25, 0.3) is 0 Å². The van der Waals surface area contributed by atoms with E-state index in [0.717, 1.165) is 135 Å². The number of allylic oxidation sites excluding steroid dienone is 18. The largest absolute Gasteiger partial charge is 0.462 e. The van der Waals surface area contributed by atoms with Gasteiger partial charge in [-0.1, -0.05) is 271 Å². The lowest BCUT2D eigenvalue weighted by Gasteiger charge is -2.18. The Hall–Kier alpha value is -3.93. The fourth-order valence-corrected chi connectivity index (χ4v) is 8.08. The molecule has 0 spiro atoms. The Bertz CT molecular complexity index is 1470. The first kappa shape index (κ1) is 68.1. The minimum absolute atomic E-state index is 0.0811. The van der Waals surface area contributed by atoms with Gasteiger partial charge in [0.1, 0.15) is 13.2 Å². The molecule has 72 heavy (non-hydrogen) atoms. The van der Waals surface area contributed by atoms with Crippen LogP contribution in [0.3, 0.4) is 0 Å². The number of rotatable bonds is 53. The molecule has 0 aliphatic rings. The molecular weight excluding hydrogens is 889 g/mol. The van der Waals surface area contributed by atoms with Crippen LogP contribution >= 0.6 is 0 Å². The molecule has 1 atom stereocenters. The van der Waals surface area contributed by atoms with Crippen LogP contribution < -0.4 is 0 Å². The van der Waals surface area contributed by atoms with Crippen molar-refractivity contribution in [1.82, 2.24) is 0 Å². The van der Waals surface area contributed by atoms with E-state index in [1.807, 2.05) is 0 Å². The third-order valence-corrected chi connectivity index (χ3v) is 12.5. The van der Waals surface area contributed by atoms with E-state index in [9.17, 15) is 14.4 Å². The number of unbranched alkanes of at least 4 members (excludes halogenated alkanes) is 24. The highest BCUT2D eigenvalue weighted by atomic mass is 16.6. The fraction of sp³-hybridized carbons (Fsp3) is 0.682. The van der Waals surface area contributed by atoms with Crippen molar-refractivity contribution in [3.8, 4) is 0 Å². The van der Waals surface area contributed by atoms with E-state index in [2.05, 4.69) is 130 Å². The zero-order valence-corrected chi connectivity index (χ0v) is 46.9. The van der Waals surface area contributed by atoms with Crippen LogP contribution in [0.5, 0.6) is 0 Å². The van der Waals surface area contributed by atoms with Gasteiger partial charge in [-0.3, -0.25) is 14.4 Å². The minimum Gasteiger partial charge on any atom is -0.462 e. The van der Waals surface area contributed by atoms with Gasteiger partial charge in [-0.15, -0.1) is 0 Å². The van der Waals surface area contributed by atoms with Crippen molar-refractivity contribution in [2.24, 2.45) is 0 Å². The summed E-state index contributed by atoms with van der Waals surface area (Å²) < 4.78 is 16.8. The monoisotopic (exact) mass is 999 g/mol. The lowest BCUT2D eigenvalue weighted by molar-refractivity contribution is -0.167. The molecule has 0 bridgehead atoms. The van der Waals surface area contributed by atoms with Gasteiger partial charge >= 0.3 is 17.9 Å². The summed E-state index contributed by atoms with van der Waals surface area (Å²) in [6, 6.07) is 0. The number of hydrogen-bond donors (Lipinski definition) is 0. The summed E-state index contributed by atoms with van der Waals surface area (Å²) in [6.45, 7) is 6.49. The van der Waals surface area contributed by atoms with Crippen LogP contribution in [0.4, 0.5) is 0 Å². The average molecular weight is 1000 g/mol. The minimum atomic E-state index is -0.782. The van der Waals surface area contributed by atoms with Gasteiger partial charge in [0.15, 0.2) is 6.10 Å². The van der Waals surface area contributed by atoms with Gasteiger partial charge < -0.3 is 14.2 Å². The fourth-order valence-electron chi connectivity index (χ4n) is 8.08. The van der Waals surface area contributed by atoms with Gasteiger partial charge in [0.2, 0.25) is 0 Å². The van der Waals surface area contributed by atoms with E-state index in [0.29, 0.717) is 19.3 Å². The Balaban J connectivity index is 4.20. The summed E-state index contributed by atoms with van der Waals surface area (Å²) in [4.78, 5) is 38.0. The molecule has 410 valence electrons. The molecule has 0 N–H and O–H groups in total. The molecule has 1 unspecified atom stereocenters. The summed E-state index contributed by atoms with van der Waals surface area (Å²) in [5.41, 5.74) is 0. The molecule has 0 aromatic heterocycles. The summed E-state index contributed by atoms with van der Waals surface area (Å²) >= 11 is 0. The maximum absolute atomic E-state index is 12.8. The predicted octanol–water partition coefficient (Wildman–Crippen LogP) is 20.3. The Morgan fingerprint density at radius 3 is 0.847 bits per heavy atom. The van der Waals surface area contributed by atoms with E-state index in [-0.39, 0.29) is 31.1 Å². The highest BCUT2D eigenvalue weighted by molar-refractivity contribution is 5.71. The van der Waals surface area contributed by atoms with Crippen LogP contribution in [0.15, 0.2) is 109 Å². The quantitative estimate of drug-likeness (QED) is 0.0261. The second kappa shape index (κ2) is 59.6. The van der Waals surface area contributed by atoms with Crippen molar-refractivity contribution in [3.63, 3.8) is 0 Å². The first-order chi connectivity index (χ1) is 35.5. The number of ether oxygens (including phenoxy) is 3. The van der Waals surface area contributed by atoms with Crippen LogP contribution in [0.1, 0.15) is 271 Å². The smallest absolute Gasteiger partial charge is 0.306 e. The predicted molar refractivity (Wildman–Crippen MR) is 311 cm³/mol. The molecule has 0 saturated carbocycles. The van der Waals surface area contributed by atoms with E-state index in [1.54, 1.807) is 0 Å². The van der Waals surface area contributed by atoms with Gasteiger partial charge in [0.05, 0.1) is 0 Å². The maximum Gasteiger partial charge on any atom is 0.306 e. The molecule has 0 aliphatic carbocycles. The van der Waals surface area contributed by atoms with Crippen molar-refractivity contribution in [1.29, 1.82) is 0 Å². The van der Waals surface area contributed by atoms with Gasteiger partial charge in [-0.2, -0.15) is 0 Å². The zero-order valence-electron chi connectivity index (χ0n) is 46.9. The molecule has 0 rings (SSSR count). The van der Waals surface area contributed by atoms with Gasteiger partial charge in [0.25, 0.3) is 0 Å². The van der Waals surface area contributed by atoms with Crippen molar-refractivity contribution < 1.29 is 28.6 Å². The molecule has 0 saturated heterocycles. The number of carbonyl (C=O) groups excluding carboxylic acids is 3. The second-order valence-electron chi connectivity index (χ2n) is 19.5. The molecule has 0 aromatic rings. The molecular formula is C66H110O6. The molecule has 0 aliphatic heterocycles. The zero-order chi connectivity index (χ0) is 52.2. The highest BCUT2D eigenvalue weighted by Crippen LogP contribution is 2.15. The summed E-state index contributed by atoms with van der Waals surface area (Å²) in [6.07, 6.45) is 81.0. The molecule has 0 fully saturated rings. The third kappa shape index (κ3) is 57.0. The Kier molecular flexibility index (Phi) is 56.4. The number of carbonyl (C=O) groups is 3. The molecule has 6 nitrogen and oxygen atoms in total. The third-order valence-electron chi connectivity index (χ3n) is 12.5. The first-order valence-electron chi connectivity index (χ1n) is 29.9. The molecule has 0 heterocycles. The Morgan fingerprint density at radius 1 is 0.292 bits per heavy atom. The molecule has 0 amide bonds. The number of esters is 3. The van der Waals surface area contributed by atoms with Crippen LogP contribution in [-0.4, -0.2) is 37.2 Å². The van der Waals surface area contributed by atoms with Crippen molar-refractivity contribution in [2.45, 2.75) is 277 Å².